The Labute approximate surface area is 208 Å². The summed E-state index contributed by atoms with van der Waals surface area (Å²) in [5, 5.41) is 56.3. The van der Waals surface area contributed by atoms with Gasteiger partial charge in [0.15, 0.2) is 0 Å². The van der Waals surface area contributed by atoms with Gasteiger partial charge in [0.05, 0.1) is 18.1 Å². The average molecular weight is 493 g/mol. The predicted molar refractivity (Wildman–Crippen MR) is 131 cm³/mol. The van der Waals surface area contributed by atoms with Crippen molar-refractivity contribution in [1.29, 1.82) is 0 Å². The fourth-order valence-electron chi connectivity index (χ4n) is 8.16. The lowest BCUT2D eigenvalue weighted by molar-refractivity contribution is -0.216. The van der Waals surface area contributed by atoms with Gasteiger partial charge in [-0.05, 0) is 36.8 Å². The minimum Gasteiger partial charge on any atom is -0.458 e. The van der Waals surface area contributed by atoms with Crippen LogP contribution in [0.25, 0.3) is 0 Å². The molecule has 35 heavy (non-hydrogen) atoms. The zero-order valence-electron chi connectivity index (χ0n) is 21.8. The molecule has 7 heteroatoms. The number of aliphatic hydroxyl groups excluding tert-OH is 4. The third-order valence-corrected chi connectivity index (χ3v) is 10.1. The Morgan fingerprint density at radius 3 is 2.40 bits per heavy atom. The molecule has 0 saturated heterocycles. The fourth-order valence-corrected chi connectivity index (χ4v) is 8.16. The molecule has 1 spiro atoms. The molecule has 0 aromatic carbocycles. The number of fused-ring (bicyclic) bond motifs is 3. The molecule has 4 aliphatic carbocycles. The summed E-state index contributed by atoms with van der Waals surface area (Å²) in [5.41, 5.74) is -4.09. The number of esters is 1. The molecule has 4 aliphatic rings. The van der Waals surface area contributed by atoms with Gasteiger partial charge in [0.2, 0.25) is 0 Å². The molecule has 4 rings (SSSR count). The van der Waals surface area contributed by atoms with Crippen LogP contribution in [-0.2, 0) is 9.53 Å². The second-order valence-corrected chi connectivity index (χ2v) is 12.2. The lowest BCUT2D eigenvalue weighted by atomic mass is 9.58. The van der Waals surface area contributed by atoms with E-state index in [4.69, 9.17) is 4.74 Å². The number of unbranched alkanes of at least 4 members (excludes halogenated alkanes) is 4. The van der Waals surface area contributed by atoms with E-state index in [2.05, 4.69) is 6.92 Å². The van der Waals surface area contributed by atoms with Crippen LogP contribution in [0.1, 0.15) is 79.6 Å². The molecular weight excluding hydrogens is 448 g/mol. The Bertz CT molecular complexity index is 909. The van der Waals surface area contributed by atoms with Crippen LogP contribution in [0.2, 0.25) is 0 Å². The molecule has 7 nitrogen and oxygen atoms in total. The fraction of sp³-hybridized carbons (Fsp3) is 0.821. The molecule has 2 fully saturated rings. The van der Waals surface area contributed by atoms with Gasteiger partial charge in [0.1, 0.15) is 23.4 Å². The summed E-state index contributed by atoms with van der Waals surface area (Å²) < 4.78 is 6.28. The van der Waals surface area contributed by atoms with Crippen molar-refractivity contribution in [2.75, 3.05) is 6.61 Å². The van der Waals surface area contributed by atoms with Crippen LogP contribution in [0, 0.1) is 28.6 Å². The van der Waals surface area contributed by atoms with Crippen LogP contribution < -0.4 is 0 Å². The standard InChI is InChI=1S/C28H44O7/c1-6-7-8-9-10-11-20(30)35-27-14-17(3)26-13-16(2)22(31)28(26,34)23(32)18(15-29)12-19(24(26)33)21(27)25(27,4)5/h12-13,17,19,21-24,29,31-34H,6-11,14-15H2,1-5H3/t17-,19+,21-,22+,23-,24?,26+,27+,28-/m1/s1. The van der Waals surface area contributed by atoms with Crippen molar-refractivity contribution in [3.05, 3.63) is 23.3 Å². The first-order valence-corrected chi connectivity index (χ1v) is 13.4. The Morgan fingerprint density at radius 2 is 1.77 bits per heavy atom. The number of hydrogen-bond donors (Lipinski definition) is 5. The van der Waals surface area contributed by atoms with Crippen molar-refractivity contribution in [2.24, 2.45) is 28.6 Å². The smallest absolute Gasteiger partial charge is 0.306 e. The molecule has 0 aliphatic heterocycles. The van der Waals surface area contributed by atoms with Crippen molar-refractivity contribution < 1.29 is 35.1 Å². The zero-order chi connectivity index (χ0) is 26.0. The monoisotopic (exact) mass is 492 g/mol. The van der Waals surface area contributed by atoms with Gasteiger partial charge in [-0.3, -0.25) is 4.79 Å². The second-order valence-electron chi connectivity index (χ2n) is 12.2. The van der Waals surface area contributed by atoms with Crippen LogP contribution >= 0.6 is 0 Å². The quantitative estimate of drug-likeness (QED) is 0.200. The Morgan fingerprint density at radius 1 is 1.11 bits per heavy atom. The van der Waals surface area contributed by atoms with E-state index in [-0.39, 0.29) is 17.5 Å². The summed E-state index contributed by atoms with van der Waals surface area (Å²) in [7, 11) is 0. The van der Waals surface area contributed by atoms with Crippen molar-refractivity contribution >= 4 is 5.97 Å². The van der Waals surface area contributed by atoms with Crippen LogP contribution in [-0.4, -0.2) is 67.6 Å². The van der Waals surface area contributed by atoms with Gasteiger partial charge >= 0.3 is 5.97 Å². The summed E-state index contributed by atoms with van der Waals surface area (Å²) in [5.74, 6) is -1.50. The SMILES string of the molecule is CCCCCCCC(=O)O[C@@]12C[C@@H](C)[C@]34C=C(C)[C@H](O)[C@@]3(O)[C@H](O)C(CO)=C[C@H](C4O)[C@@H]1C2(C)C. The van der Waals surface area contributed by atoms with Gasteiger partial charge in [-0.2, -0.15) is 0 Å². The number of carbonyl (C=O) groups excluding carboxylic acids is 1. The van der Waals surface area contributed by atoms with E-state index >= 15 is 0 Å². The molecule has 198 valence electrons. The molecule has 9 atom stereocenters. The molecule has 2 saturated carbocycles. The Kier molecular flexibility index (Phi) is 6.85. The summed E-state index contributed by atoms with van der Waals surface area (Å²) in [4.78, 5) is 13.0. The molecule has 0 aromatic rings. The largest absolute Gasteiger partial charge is 0.458 e. The number of aliphatic hydroxyl groups is 5. The highest BCUT2D eigenvalue weighted by atomic mass is 16.6. The van der Waals surface area contributed by atoms with Gasteiger partial charge < -0.3 is 30.3 Å². The van der Waals surface area contributed by atoms with Gasteiger partial charge in [-0.25, -0.2) is 0 Å². The maximum Gasteiger partial charge on any atom is 0.306 e. The van der Waals surface area contributed by atoms with Crippen LogP contribution in [0.4, 0.5) is 0 Å². The van der Waals surface area contributed by atoms with Crippen molar-refractivity contribution in [1.82, 2.24) is 0 Å². The van der Waals surface area contributed by atoms with Crippen molar-refractivity contribution in [3.63, 3.8) is 0 Å². The van der Waals surface area contributed by atoms with E-state index in [9.17, 15) is 30.3 Å². The summed E-state index contributed by atoms with van der Waals surface area (Å²) in [6.07, 6.45) is 5.19. The number of ether oxygens (including phenoxy) is 1. The highest BCUT2D eigenvalue weighted by Gasteiger charge is 2.82. The van der Waals surface area contributed by atoms with E-state index in [1.165, 1.54) is 0 Å². The highest BCUT2D eigenvalue weighted by molar-refractivity contribution is 5.70. The van der Waals surface area contributed by atoms with Gasteiger partial charge in [0, 0.05) is 23.7 Å². The summed E-state index contributed by atoms with van der Waals surface area (Å²) in [6, 6.07) is 0. The highest BCUT2D eigenvalue weighted by Crippen LogP contribution is 2.76. The molecule has 0 amide bonds. The molecule has 0 aromatic heterocycles. The van der Waals surface area contributed by atoms with E-state index in [0.717, 1.165) is 32.1 Å². The summed E-state index contributed by atoms with van der Waals surface area (Å²) >= 11 is 0. The Hall–Kier alpha value is -1.25. The second kappa shape index (κ2) is 8.95. The molecule has 2 bridgehead atoms. The molecule has 5 N–H and O–H groups in total. The van der Waals surface area contributed by atoms with Gasteiger partial charge in [-0.1, -0.05) is 65.5 Å². The topological polar surface area (TPSA) is 127 Å². The van der Waals surface area contributed by atoms with Crippen LogP contribution in [0.15, 0.2) is 23.3 Å². The average Bonchev–Trinajstić information content (AvgIpc) is 3.21. The van der Waals surface area contributed by atoms with E-state index in [0.29, 0.717) is 18.4 Å². The maximum atomic E-state index is 13.0. The van der Waals surface area contributed by atoms with Crippen molar-refractivity contribution in [2.45, 2.75) is 109 Å². The number of hydrogen-bond acceptors (Lipinski definition) is 7. The minimum absolute atomic E-state index is 0.175. The minimum atomic E-state index is -2.11. The first-order chi connectivity index (χ1) is 16.4. The van der Waals surface area contributed by atoms with Crippen LogP contribution in [0.5, 0.6) is 0 Å². The normalized spacial score (nSPS) is 45.4. The number of carbonyl (C=O) groups is 1. The van der Waals surface area contributed by atoms with E-state index < -0.39 is 58.8 Å². The maximum absolute atomic E-state index is 13.0. The lowest BCUT2D eigenvalue weighted by Crippen LogP contribution is -2.66. The zero-order valence-corrected chi connectivity index (χ0v) is 21.8. The molecule has 0 radical (unpaired) electrons. The first-order valence-electron chi connectivity index (χ1n) is 13.4. The third kappa shape index (κ3) is 3.45. The van der Waals surface area contributed by atoms with Gasteiger partial charge in [0.25, 0.3) is 0 Å². The Balaban J connectivity index is 1.73. The van der Waals surface area contributed by atoms with E-state index in [1.807, 2.05) is 20.8 Å². The third-order valence-electron chi connectivity index (χ3n) is 10.1. The van der Waals surface area contributed by atoms with Crippen molar-refractivity contribution in [3.8, 4) is 0 Å². The molecule has 1 unspecified atom stereocenters. The summed E-state index contributed by atoms with van der Waals surface area (Å²) in [6.45, 7) is 9.28. The first kappa shape index (κ1) is 26.8. The van der Waals surface area contributed by atoms with E-state index in [1.54, 1.807) is 19.1 Å². The predicted octanol–water partition coefficient (Wildman–Crippen LogP) is 2.63. The molecular formula is C28H44O7. The van der Waals surface area contributed by atoms with Gasteiger partial charge in [-0.15, -0.1) is 0 Å². The lowest BCUT2D eigenvalue weighted by Gasteiger charge is -2.51. The van der Waals surface area contributed by atoms with Crippen LogP contribution in [0.3, 0.4) is 0 Å². The number of rotatable bonds is 8. The molecule has 0 heterocycles.